The highest BCUT2D eigenvalue weighted by Gasteiger charge is 2.30. The lowest BCUT2D eigenvalue weighted by Crippen LogP contribution is -2.39. The zero-order valence-corrected chi connectivity index (χ0v) is 10.8. The predicted molar refractivity (Wildman–Crippen MR) is 68.4 cm³/mol. The van der Waals surface area contributed by atoms with Gasteiger partial charge in [0.2, 0.25) is 0 Å². The fraction of sp³-hybridized carbons (Fsp3) is 0.615. The van der Waals surface area contributed by atoms with Gasteiger partial charge >= 0.3 is 0 Å². The van der Waals surface area contributed by atoms with Crippen LogP contribution in [0.15, 0.2) is 6.07 Å². The van der Waals surface area contributed by atoms with Gasteiger partial charge in [-0.25, -0.2) is 13.8 Å². The second kappa shape index (κ2) is 4.71. The number of halogens is 2. The molecule has 3 nitrogen and oxygen atoms in total. The van der Waals surface area contributed by atoms with Gasteiger partial charge in [0.15, 0.2) is 23.3 Å². The molecule has 0 spiro atoms. The van der Waals surface area contributed by atoms with Crippen LogP contribution in [0.1, 0.15) is 33.1 Å². The lowest BCUT2D eigenvalue weighted by molar-refractivity contribution is 0.237. The molecule has 2 N–H and O–H groups in total. The third kappa shape index (κ3) is 2.40. The number of anilines is 2. The number of nitrogens with two attached hydrogens (primary N) is 1. The fourth-order valence-electron chi connectivity index (χ4n) is 2.30. The maximum atomic E-state index is 13.7. The number of rotatable bonds is 2. The van der Waals surface area contributed by atoms with Crippen molar-refractivity contribution in [2.24, 2.45) is 5.41 Å². The first-order valence-corrected chi connectivity index (χ1v) is 6.32. The Balaban J connectivity index is 2.17. The summed E-state index contributed by atoms with van der Waals surface area (Å²) in [5, 5.41) is 0. The van der Waals surface area contributed by atoms with Gasteiger partial charge in [0.25, 0.3) is 0 Å². The van der Waals surface area contributed by atoms with Crippen LogP contribution in [-0.2, 0) is 0 Å². The molecule has 0 bridgehead atoms. The van der Waals surface area contributed by atoms with Crippen molar-refractivity contribution < 1.29 is 8.78 Å². The molecule has 1 aromatic heterocycles. The van der Waals surface area contributed by atoms with Crippen molar-refractivity contribution in [1.82, 2.24) is 4.98 Å². The molecular formula is C13H19F2N3. The number of nitrogen functional groups attached to an aromatic ring is 1. The number of hydrogen-bond donors (Lipinski definition) is 1. The summed E-state index contributed by atoms with van der Waals surface area (Å²) in [4.78, 5) is 5.67. The average Bonchev–Trinajstić information content (AvgIpc) is 2.35. The first kappa shape index (κ1) is 13.1. The van der Waals surface area contributed by atoms with E-state index in [0.29, 0.717) is 5.41 Å². The Kier molecular flexibility index (Phi) is 3.41. The molecule has 1 aromatic rings. The van der Waals surface area contributed by atoms with Gasteiger partial charge in [-0.05, 0) is 18.3 Å². The van der Waals surface area contributed by atoms with Crippen LogP contribution in [0.25, 0.3) is 0 Å². The average molecular weight is 255 g/mol. The van der Waals surface area contributed by atoms with E-state index >= 15 is 0 Å². The van der Waals surface area contributed by atoms with Crippen molar-refractivity contribution in [2.45, 2.75) is 33.1 Å². The third-order valence-corrected chi connectivity index (χ3v) is 4.06. The van der Waals surface area contributed by atoms with Crippen LogP contribution in [-0.4, -0.2) is 18.1 Å². The van der Waals surface area contributed by atoms with Gasteiger partial charge in [0.05, 0.1) is 0 Å². The minimum absolute atomic E-state index is 0.173. The van der Waals surface area contributed by atoms with Crippen LogP contribution >= 0.6 is 0 Å². The Morgan fingerprint density at radius 1 is 1.33 bits per heavy atom. The number of nitrogens with zero attached hydrogens (tertiary/aromatic N) is 2. The minimum atomic E-state index is -0.799. The van der Waals surface area contributed by atoms with Gasteiger partial charge in [-0.1, -0.05) is 20.3 Å². The lowest BCUT2D eigenvalue weighted by Gasteiger charge is -2.39. The molecule has 0 radical (unpaired) electrons. The van der Waals surface area contributed by atoms with Crippen LogP contribution in [0.2, 0.25) is 0 Å². The molecule has 2 rings (SSSR count). The lowest BCUT2D eigenvalue weighted by atomic mass is 9.78. The van der Waals surface area contributed by atoms with Crippen molar-refractivity contribution in [2.75, 3.05) is 23.7 Å². The van der Waals surface area contributed by atoms with E-state index in [0.717, 1.165) is 38.4 Å². The number of pyridine rings is 1. The summed E-state index contributed by atoms with van der Waals surface area (Å²) in [5.74, 6) is -1.50. The van der Waals surface area contributed by atoms with E-state index in [1.165, 1.54) is 0 Å². The summed E-state index contributed by atoms with van der Waals surface area (Å²) in [6.07, 6.45) is 3.09. The predicted octanol–water partition coefficient (Wildman–Crippen LogP) is 2.96. The molecule has 18 heavy (non-hydrogen) atoms. The summed E-state index contributed by atoms with van der Waals surface area (Å²) in [6.45, 7) is 5.89. The molecule has 0 saturated carbocycles. The molecule has 100 valence electrons. The van der Waals surface area contributed by atoms with Crippen LogP contribution in [0.3, 0.4) is 0 Å². The fourth-order valence-corrected chi connectivity index (χ4v) is 2.30. The summed E-state index contributed by atoms with van der Waals surface area (Å²) in [5.41, 5.74) is 5.71. The molecule has 1 fully saturated rings. The van der Waals surface area contributed by atoms with Gasteiger partial charge in [0, 0.05) is 19.2 Å². The van der Waals surface area contributed by atoms with Gasteiger partial charge in [-0.15, -0.1) is 0 Å². The van der Waals surface area contributed by atoms with Gasteiger partial charge in [0.1, 0.15) is 0 Å². The normalized spacial score (nSPS) is 19.0. The summed E-state index contributed by atoms with van der Waals surface area (Å²) < 4.78 is 26.7. The van der Waals surface area contributed by atoms with E-state index < -0.39 is 11.6 Å². The van der Waals surface area contributed by atoms with Crippen molar-refractivity contribution in [3.05, 3.63) is 17.7 Å². The Bertz CT molecular complexity index is 440. The second-order valence-electron chi connectivity index (χ2n) is 5.31. The Morgan fingerprint density at radius 3 is 2.50 bits per heavy atom. The molecule has 0 aromatic carbocycles. The van der Waals surface area contributed by atoms with E-state index in [-0.39, 0.29) is 11.6 Å². The first-order valence-electron chi connectivity index (χ1n) is 6.32. The maximum absolute atomic E-state index is 13.7. The number of hydrogen-bond acceptors (Lipinski definition) is 3. The number of aromatic nitrogens is 1. The molecule has 5 heteroatoms. The van der Waals surface area contributed by atoms with Crippen molar-refractivity contribution in [3.63, 3.8) is 0 Å². The van der Waals surface area contributed by atoms with Crippen LogP contribution in [0, 0.1) is 17.0 Å². The first-order chi connectivity index (χ1) is 8.45. The molecule has 1 saturated heterocycles. The highest BCUT2D eigenvalue weighted by atomic mass is 19.1. The van der Waals surface area contributed by atoms with Crippen LogP contribution in [0.4, 0.5) is 20.4 Å². The Morgan fingerprint density at radius 2 is 1.94 bits per heavy atom. The third-order valence-electron chi connectivity index (χ3n) is 4.06. The highest BCUT2D eigenvalue weighted by Crippen LogP contribution is 2.36. The van der Waals surface area contributed by atoms with Crippen LogP contribution < -0.4 is 10.6 Å². The molecular weight excluding hydrogens is 236 g/mol. The molecule has 0 unspecified atom stereocenters. The molecule has 2 heterocycles. The van der Waals surface area contributed by atoms with Gasteiger partial charge in [-0.2, -0.15) is 0 Å². The van der Waals surface area contributed by atoms with Crippen molar-refractivity contribution in [3.8, 4) is 0 Å². The Labute approximate surface area is 106 Å². The second-order valence-corrected chi connectivity index (χ2v) is 5.31. The van der Waals surface area contributed by atoms with Crippen molar-refractivity contribution in [1.29, 1.82) is 0 Å². The molecule has 0 aliphatic carbocycles. The van der Waals surface area contributed by atoms with Crippen molar-refractivity contribution >= 4 is 11.6 Å². The monoisotopic (exact) mass is 255 g/mol. The number of piperidine rings is 1. The zero-order valence-electron chi connectivity index (χ0n) is 10.8. The summed E-state index contributed by atoms with van der Waals surface area (Å²) in [7, 11) is 0. The quantitative estimate of drug-likeness (QED) is 0.883. The zero-order chi connectivity index (χ0) is 13.3. The summed E-state index contributed by atoms with van der Waals surface area (Å²) in [6, 6.07) is 0.811. The van der Waals surface area contributed by atoms with Gasteiger partial charge in [-0.3, -0.25) is 0 Å². The van der Waals surface area contributed by atoms with E-state index in [4.69, 9.17) is 5.73 Å². The van der Waals surface area contributed by atoms with Gasteiger partial charge < -0.3 is 10.6 Å². The largest absolute Gasteiger partial charge is 0.381 e. The highest BCUT2D eigenvalue weighted by molar-refractivity contribution is 5.47. The Hall–Kier alpha value is -1.39. The van der Waals surface area contributed by atoms with E-state index in [9.17, 15) is 8.78 Å². The SMILES string of the molecule is CCC1(C)CCN(c2nc(N)c(F)cc2F)CC1. The summed E-state index contributed by atoms with van der Waals surface area (Å²) >= 11 is 0. The van der Waals surface area contributed by atoms with E-state index in [1.807, 2.05) is 4.90 Å². The molecule has 1 aliphatic rings. The topological polar surface area (TPSA) is 42.2 Å². The maximum Gasteiger partial charge on any atom is 0.168 e. The molecule has 0 atom stereocenters. The van der Waals surface area contributed by atoms with E-state index in [1.54, 1.807) is 0 Å². The standard InChI is InChI=1S/C13H19F2N3/c1-3-13(2)4-6-18(7-5-13)12-10(15)8-9(14)11(16)17-12/h8H,3-7H2,1-2H3,(H2,16,17). The molecule has 1 aliphatic heterocycles. The van der Waals surface area contributed by atoms with Crippen LogP contribution in [0.5, 0.6) is 0 Å². The smallest absolute Gasteiger partial charge is 0.168 e. The van der Waals surface area contributed by atoms with E-state index in [2.05, 4.69) is 18.8 Å². The molecule has 0 amide bonds. The minimum Gasteiger partial charge on any atom is -0.381 e.